The van der Waals surface area contributed by atoms with Crippen LogP contribution in [-0.2, 0) is 9.47 Å². The van der Waals surface area contributed by atoms with Crippen LogP contribution in [0.2, 0.25) is 0 Å². The summed E-state index contributed by atoms with van der Waals surface area (Å²) in [6, 6.07) is 8.99. The first-order chi connectivity index (χ1) is 12.2. The fourth-order valence-corrected chi connectivity index (χ4v) is 3.95. The van der Waals surface area contributed by atoms with Crippen LogP contribution in [0, 0.1) is 23.2 Å². The van der Waals surface area contributed by atoms with Crippen LogP contribution in [0.1, 0.15) is 41.6 Å². The second-order valence-corrected chi connectivity index (χ2v) is 7.56. The number of likely N-dealkylation sites (tertiary alicyclic amines) is 1. The van der Waals surface area contributed by atoms with Crippen LogP contribution in [0.25, 0.3) is 0 Å². The van der Waals surface area contributed by atoms with Crippen molar-refractivity contribution in [1.82, 2.24) is 4.90 Å². The first-order valence-electron chi connectivity index (χ1n) is 9.21. The number of nitriles is 1. The van der Waals surface area contributed by atoms with Gasteiger partial charge in [0.2, 0.25) is 0 Å². The highest BCUT2D eigenvalue weighted by atomic mass is 16.5. The molecule has 3 fully saturated rings. The lowest BCUT2D eigenvalue weighted by Crippen LogP contribution is -2.66. The Morgan fingerprint density at radius 1 is 1.36 bits per heavy atom. The topological polar surface area (TPSA) is 62.6 Å². The van der Waals surface area contributed by atoms with Crippen LogP contribution in [0.5, 0.6) is 0 Å². The van der Waals surface area contributed by atoms with Crippen molar-refractivity contribution in [2.45, 2.75) is 31.3 Å². The van der Waals surface area contributed by atoms with Gasteiger partial charge in [-0.1, -0.05) is 6.07 Å². The predicted octanol–water partition coefficient (Wildman–Crippen LogP) is 2.61. The number of hydrogen-bond donors (Lipinski definition) is 0. The fraction of sp³-hybridized carbons (Fsp3) is 0.600. The average molecular weight is 340 g/mol. The van der Waals surface area contributed by atoms with Crippen molar-refractivity contribution in [2.75, 3.05) is 32.9 Å². The lowest BCUT2D eigenvalue weighted by Gasteiger charge is -2.50. The van der Waals surface area contributed by atoms with Gasteiger partial charge in [-0.3, -0.25) is 4.79 Å². The minimum absolute atomic E-state index is 0.0121. The van der Waals surface area contributed by atoms with Crippen LogP contribution >= 0.6 is 0 Å². The molecule has 0 bridgehead atoms. The zero-order chi connectivity index (χ0) is 17.3. The van der Waals surface area contributed by atoms with E-state index in [1.54, 1.807) is 24.3 Å². The number of nitrogens with zero attached hydrogens (tertiary/aromatic N) is 2. The molecule has 1 atom stereocenters. The van der Waals surface area contributed by atoms with Gasteiger partial charge in [-0.15, -0.1) is 0 Å². The van der Waals surface area contributed by atoms with Crippen molar-refractivity contribution in [3.8, 4) is 6.07 Å². The summed E-state index contributed by atoms with van der Waals surface area (Å²) in [5.41, 5.74) is 0.922. The molecule has 25 heavy (non-hydrogen) atoms. The van der Waals surface area contributed by atoms with Crippen molar-refractivity contribution < 1.29 is 14.3 Å². The lowest BCUT2D eigenvalue weighted by atomic mass is 9.79. The molecule has 1 aromatic rings. The molecule has 5 nitrogen and oxygen atoms in total. The highest BCUT2D eigenvalue weighted by molar-refractivity contribution is 5.95. The Morgan fingerprint density at radius 2 is 2.20 bits per heavy atom. The Labute approximate surface area is 148 Å². The summed E-state index contributed by atoms with van der Waals surface area (Å²) in [7, 11) is 0. The number of benzene rings is 1. The van der Waals surface area contributed by atoms with Crippen LogP contribution < -0.4 is 0 Å². The number of hydrogen-bond acceptors (Lipinski definition) is 4. The van der Waals surface area contributed by atoms with E-state index in [-0.39, 0.29) is 11.5 Å². The number of rotatable bonds is 6. The maximum atomic E-state index is 12.6. The van der Waals surface area contributed by atoms with E-state index in [1.165, 1.54) is 12.8 Å². The van der Waals surface area contributed by atoms with E-state index >= 15 is 0 Å². The summed E-state index contributed by atoms with van der Waals surface area (Å²) in [6.07, 6.45) is 4.71. The maximum absolute atomic E-state index is 12.6. The average Bonchev–Trinajstić information content (AvgIpc) is 3.34. The molecular formula is C20H24N2O3. The molecule has 1 spiro atoms. The molecule has 2 heterocycles. The van der Waals surface area contributed by atoms with Gasteiger partial charge in [-0.25, -0.2) is 0 Å². The molecule has 1 amide bonds. The van der Waals surface area contributed by atoms with E-state index in [4.69, 9.17) is 14.7 Å². The normalized spacial score (nSPS) is 24.1. The molecule has 0 radical (unpaired) electrons. The van der Waals surface area contributed by atoms with Crippen LogP contribution in [0.4, 0.5) is 0 Å². The second kappa shape index (κ2) is 6.78. The lowest BCUT2D eigenvalue weighted by molar-refractivity contribution is -0.120. The van der Waals surface area contributed by atoms with Crippen LogP contribution in [0.15, 0.2) is 24.3 Å². The zero-order valence-corrected chi connectivity index (χ0v) is 14.4. The third-order valence-corrected chi connectivity index (χ3v) is 5.70. The summed E-state index contributed by atoms with van der Waals surface area (Å²) in [5.74, 6) is 1.26. The standard InChI is InChI=1S/C20H24N2O3/c21-11-16-2-1-3-17(10-16)19(23)22-13-20(14-22)18(7-9-25-20)6-8-24-12-15-4-5-15/h1-3,10,15,18H,4-9,12-14H2/t18-/m1/s1. The Morgan fingerprint density at radius 3 is 2.96 bits per heavy atom. The van der Waals surface area contributed by atoms with Gasteiger partial charge in [0, 0.05) is 25.4 Å². The van der Waals surface area contributed by atoms with Crippen molar-refractivity contribution in [2.24, 2.45) is 11.8 Å². The monoisotopic (exact) mass is 340 g/mol. The summed E-state index contributed by atoms with van der Waals surface area (Å²) in [5, 5.41) is 8.99. The number of carbonyl (C=O) groups is 1. The Balaban J connectivity index is 1.31. The van der Waals surface area contributed by atoms with Gasteiger partial charge in [-0.05, 0) is 55.7 Å². The Kier molecular flexibility index (Phi) is 4.49. The van der Waals surface area contributed by atoms with Crippen molar-refractivity contribution >= 4 is 5.91 Å². The van der Waals surface area contributed by atoms with Gasteiger partial charge in [-0.2, -0.15) is 5.26 Å². The van der Waals surface area contributed by atoms with Crippen molar-refractivity contribution in [1.29, 1.82) is 5.26 Å². The summed E-state index contributed by atoms with van der Waals surface area (Å²) in [6.45, 7) is 3.77. The van der Waals surface area contributed by atoms with E-state index < -0.39 is 0 Å². The van der Waals surface area contributed by atoms with Gasteiger partial charge in [0.25, 0.3) is 5.91 Å². The molecule has 1 aliphatic carbocycles. The van der Waals surface area contributed by atoms with E-state index in [1.807, 2.05) is 4.90 Å². The number of carbonyl (C=O) groups excluding carboxylic acids is 1. The largest absolute Gasteiger partial charge is 0.381 e. The van der Waals surface area contributed by atoms with Crippen LogP contribution in [0.3, 0.4) is 0 Å². The van der Waals surface area contributed by atoms with Crippen molar-refractivity contribution in [3.05, 3.63) is 35.4 Å². The van der Waals surface area contributed by atoms with Crippen LogP contribution in [-0.4, -0.2) is 49.3 Å². The summed E-state index contributed by atoms with van der Waals surface area (Å²) in [4.78, 5) is 14.5. The number of ether oxygens (including phenoxy) is 2. The molecular weight excluding hydrogens is 316 g/mol. The summed E-state index contributed by atoms with van der Waals surface area (Å²) >= 11 is 0. The molecule has 3 aliphatic rings. The highest BCUT2D eigenvalue weighted by Crippen LogP contribution is 2.42. The summed E-state index contributed by atoms with van der Waals surface area (Å²) < 4.78 is 11.8. The molecule has 0 N–H and O–H groups in total. The molecule has 0 unspecified atom stereocenters. The Hall–Kier alpha value is -1.90. The SMILES string of the molecule is N#Cc1cccc(C(=O)N2CC3(C2)OCC[C@H]3CCOCC2CC2)c1. The molecule has 0 aromatic heterocycles. The third-order valence-electron chi connectivity index (χ3n) is 5.70. The minimum atomic E-state index is -0.175. The van der Waals surface area contributed by atoms with Gasteiger partial charge in [0.15, 0.2) is 0 Å². The van der Waals surface area contributed by atoms with E-state index in [0.717, 1.165) is 38.6 Å². The first-order valence-corrected chi connectivity index (χ1v) is 9.21. The molecule has 1 aromatic carbocycles. The highest BCUT2D eigenvalue weighted by Gasteiger charge is 2.54. The molecule has 132 valence electrons. The second-order valence-electron chi connectivity index (χ2n) is 7.56. The first kappa shape index (κ1) is 16.6. The van der Waals surface area contributed by atoms with E-state index in [9.17, 15) is 4.79 Å². The minimum Gasteiger partial charge on any atom is -0.381 e. The van der Waals surface area contributed by atoms with Gasteiger partial charge in [0.1, 0.15) is 5.60 Å². The van der Waals surface area contributed by atoms with Crippen molar-refractivity contribution in [3.63, 3.8) is 0 Å². The van der Waals surface area contributed by atoms with Gasteiger partial charge in [0.05, 0.1) is 24.7 Å². The third kappa shape index (κ3) is 3.42. The molecule has 5 heteroatoms. The fourth-order valence-electron chi connectivity index (χ4n) is 3.95. The number of amides is 1. The zero-order valence-electron chi connectivity index (χ0n) is 14.4. The Bertz CT molecular complexity index is 686. The molecule has 4 rings (SSSR count). The molecule has 1 saturated carbocycles. The van der Waals surface area contributed by atoms with Gasteiger partial charge >= 0.3 is 0 Å². The predicted molar refractivity (Wildman–Crippen MR) is 92.0 cm³/mol. The van der Waals surface area contributed by atoms with E-state index in [2.05, 4.69) is 6.07 Å². The molecule has 2 saturated heterocycles. The van der Waals surface area contributed by atoms with Gasteiger partial charge < -0.3 is 14.4 Å². The quantitative estimate of drug-likeness (QED) is 0.747. The molecule has 2 aliphatic heterocycles. The smallest absolute Gasteiger partial charge is 0.254 e. The van der Waals surface area contributed by atoms with E-state index in [0.29, 0.717) is 30.1 Å². The maximum Gasteiger partial charge on any atom is 0.254 e.